The fourth-order valence-corrected chi connectivity index (χ4v) is 3.57. The fourth-order valence-electron chi connectivity index (χ4n) is 3.57. The van der Waals surface area contributed by atoms with Crippen LogP contribution in [-0.4, -0.2) is 17.4 Å². The van der Waals surface area contributed by atoms with Crippen molar-refractivity contribution in [2.45, 2.75) is 24.6 Å². The van der Waals surface area contributed by atoms with Crippen molar-refractivity contribution < 1.29 is 13.9 Å². The highest BCUT2D eigenvalue weighted by Gasteiger charge is 2.55. The number of amides is 1. The lowest BCUT2D eigenvalue weighted by molar-refractivity contribution is -0.139. The van der Waals surface area contributed by atoms with Crippen LogP contribution in [0.3, 0.4) is 0 Å². The van der Waals surface area contributed by atoms with E-state index in [0.29, 0.717) is 19.4 Å². The Bertz CT molecular complexity index is 701. The Morgan fingerprint density at radius 2 is 1.82 bits per heavy atom. The van der Waals surface area contributed by atoms with Gasteiger partial charge in [-0.2, -0.15) is 0 Å². The normalized spacial score (nSPS) is 27.2. The Labute approximate surface area is 128 Å². The van der Waals surface area contributed by atoms with Crippen molar-refractivity contribution in [2.24, 2.45) is 0 Å². The van der Waals surface area contributed by atoms with Gasteiger partial charge in [0, 0.05) is 18.4 Å². The maximum Gasteiger partial charge on any atom is 0.225 e. The first-order valence-electron chi connectivity index (χ1n) is 7.48. The second-order valence-corrected chi connectivity index (χ2v) is 5.79. The van der Waals surface area contributed by atoms with Crippen molar-refractivity contribution in [1.29, 1.82) is 0 Å². The minimum atomic E-state index is -0.745. The molecule has 22 heavy (non-hydrogen) atoms. The van der Waals surface area contributed by atoms with Gasteiger partial charge in [-0.15, -0.1) is 0 Å². The molecule has 2 fully saturated rings. The molecule has 112 valence electrons. The second-order valence-electron chi connectivity index (χ2n) is 5.79. The van der Waals surface area contributed by atoms with Crippen LogP contribution in [0.5, 0.6) is 0 Å². The molecule has 2 atom stereocenters. The second kappa shape index (κ2) is 4.92. The van der Waals surface area contributed by atoms with Crippen molar-refractivity contribution in [1.82, 2.24) is 4.90 Å². The fraction of sp³-hybridized carbons (Fsp3) is 0.278. The molecule has 0 aliphatic carbocycles. The summed E-state index contributed by atoms with van der Waals surface area (Å²) in [6.45, 7) is 0.465. The Balaban J connectivity index is 1.77. The molecule has 2 heterocycles. The molecule has 1 amide bonds. The lowest BCUT2D eigenvalue weighted by atomic mass is 9.99. The zero-order chi connectivity index (χ0) is 15.2. The van der Waals surface area contributed by atoms with E-state index in [1.807, 2.05) is 35.2 Å². The maximum atomic E-state index is 13.2. The van der Waals surface area contributed by atoms with Crippen LogP contribution >= 0.6 is 0 Å². The Hall–Kier alpha value is -2.20. The summed E-state index contributed by atoms with van der Waals surface area (Å²) in [7, 11) is 0. The quantitative estimate of drug-likeness (QED) is 0.850. The van der Waals surface area contributed by atoms with Gasteiger partial charge in [-0.3, -0.25) is 4.79 Å². The lowest BCUT2D eigenvalue weighted by Crippen LogP contribution is -2.40. The number of fused-ring (bicyclic) bond motifs is 1. The van der Waals surface area contributed by atoms with Crippen LogP contribution in [-0.2, 0) is 15.3 Å². The zero-order valence-corrected chi connectivity index (χ0v) is 12.0. The molecule has 0 radical (unpaired) electrons. The van der Waals surface area contributed by atoms with Crippen LogP contribution in [0.15, 0.2) is 54.6 Å². The number of rotatable bonds is 2. The van der Waals surface area contributed by atoms with Gasteiger partial charge in [0.25, 0.3) is 0 Å². The van der Waals surface area contributed by atoms with Crippen molar-refractivity contribution in [3.63, 3.8) is 0 Å². The zero-order valence-electron chi connectivity index (χ0n) is 12.0. The maximum absolute atomic E-state index is 13.2. The van der Waals surface area contributed by atoms with Gasteiger partial charge in [-0.25, -0.2) is 4.39 Å². The summed E-state index contributed by atoms with van der Waals surface area (Å²) >= 11 is 0. The topological polar surface area (TPSA) is 29.5 Å². The predicted molar refractivity (Wildman–Crippen MR) is 79.3 cm³/mol. The minimum absolute atomic E-state index is 0.0822. The number of halogens is 1. The summed E-state index contributed by atoms with van der Waals surface area (Å²) in [6, 6.07) is 16.1. The number of hydrogen-bond donors (Lipinski definition) is 0. The average Bonchev–Trinajstić information content (AvgIpc) is 3.09. The molecule has 3 nitrogen and oxygen atoms in total. The Morgan fingerprint density at radius 3 is 2.55 bits per heavy atom. The van der Waals surface area contributed by atoms with E-state index < -0.39 is 5.72 Å². The number of hydrogen-bond acceptors (Lipinski definition) is 2. The lowest BCUT2D eigenvalue weighted by Gasteiger charge is -2.33. The van der Waals surface area contributed by atoms with E-state index in [1.54, 1.807) is 12.1 Å². The molecule has 0 N–H and O–H groups in total. The summed E-state index contributed by atoms with van der Waals surface area (Å²) in [5, 5.41) is 0. The summed E-state index contributed by atoms with van der Waals surface area (Å²) in [6.07, 6.45) is 1.07. The van der Waals surface area contributed by atoms with Gasteiger partial charge >= 0.3 is 0 Å². The average molecular weight is 297 g/mol. The van der Waals surface area contributed by atoms with Crippen LogP contribution in [0.4, 0.5) is 4.39 Å². The van der Waals surface area contributed by atoms with Crippen molar-refractivity contribution in [3.8, 4) is 0 Å². The van der Waals surface area contributed by atoms with E-state index in [4.69, 9.17) is 4.74 Å². The third kappa shape index (κ3) is 1.87. The molecule has 2 aromatic carbocycles. The number of ether oxygens (including phenoxy) is 1. The Morgan fingerprint density at radius 1 is 1.09 bits per heavy atom. The van der Waals surface area contributed by atoms with E-state index in [0.717, 1.165) is 11.1 Å². The van der Waals surface area contributed by atoms with Crippen LogP contribution in [0.25, 0.3) is 0 Å². The predicted octanol–water partition coefficient (Wildman–Crippen LogP) is 3.37. The first kappa shape index (κ1) is 13.5. The SMILES string of the molecule is O=C1CC[C@]2(c3ccc(F)cc3)OC[C@@H](c3ccccc3)N12. The molecule has 0 bridgehead atoms. The van der Waals surface area contributed by atoms with Crippen LogP contribution < -0.4 is 0 Å². The molecule has 0 saturated carbocycles. The smallest absolute Gasteiger partial charge is 0.225 e. The summed E-state index contributed by atoms with van der Waals surface area (Å²) in [5.41, 5.74) is 1.17. The monoisotopic (exact) mass is 297 g/mol. The molecule has 0 unspecified atom stereocenters. The van der Waals surface area contributed by atoms with Crippen molar-refractivity contribution in [3.05, 3.63) is 71.5 Å². The third-order valence-electron chi connectivity index (χ3n) is 4.61. The first-order chi connectivity index (χ1) is 10.7. The molecule has 2 aliphatic heterocycles. The van der Waals surface area contributed by atoms with Gasteiger partial charge in [0.2, 0.25) is 5.91 Å². The van der Waals surface area contributed by atoms with Gasteiger partial charge in [-0.1, -0.05) is 42.5 Å². The molecule has 0 spiro atoms. The molecule has 0 aromatic heterocycles. The number of carbonyl (C=O) groups excluding carboxylic acids is 1. The number of nitrogens with zero attached hydrogens (tertiary/aromatic N) is 1. The molecular formula is C18H16FNO2. The van der Waals surface area contributed by atoms with Gasteiger partial charge < -0.3 is 9.64 Å². The van der Waals surface area contributed by atoms with Gasteiger partial charge in [0.15, 0.2) is 5.72 Å². The molecule has 2 aromatic rings. The third-order valence-corrected chi connectivity index (χ3v) is 4.61. The van der Waals surface area contributed by atoms with Crippen molar-refractivity contribution in [2.75, 3.05) is 6.61 Å². The van der Waals surface area contributed by atoms with Crippen LogP contribution in [0, 0.1) is 5.82 Å². The van der Waals surface area contributed by atoms with Crippen LogP contribution in [0.1, 0.15) is 30.0 Å². The van der Waals surface area contributed by atoms with Gasteiger partial charge in [0.05, 0.1) is 12.6 Å². The highest BCUT2D eigenvalue weighted by atomic mass is 19.1. The first-order valence-corrected chi connectivity index (χ1v) is 7.48. The van der Waals surface area contributed by atoms with E-state index in [-0.39, 0.29) is 17.8 Å². The summed E-state index contributed by atoms with van der Waals surface area (Å²) in [4.78, 5) is 14.3. The highest BCUT2D eigenvalue weighted by molar-refractivity contribution is 5.80. The van der Waals surface area contributed by atoms with Gasteiger partial charge in [0.1, 0.15) is 5.82 Å². The van der Waals surface area contributed by atoms with Crippen molar-refractivity contribution >= 4 is 5.91 Å². The molecule has 2 saturated heterocycles. The van der Waals surface area contributed by atoms with E-state index >= 15 is 0 Å². The molecular weight excluding hydrogens is 281 g/mol. The van der Waals surface area contributed by atoms with Gasteiger partial charge in [-0.05, 0) is 17.7 Å². The minimum Gasteiger partial charge on any atom is -0.349 e. The highest BCUT2D eigenvalue weighted by Crippen LogP contribution is 2.50. The summed E-state index contributed by atoms with van der Waals surface area (Å²) < 4.78 is 19.3. The van der Waals surface area contributed by atoms with E-state index in [2.05, 4.69) is 0 Å². The largest absolute Gasteiger partial charge is 0.349 e. The standard InChI is InChI=1S/C18H16FNO2/c19-15-8-6-14(7-9-15)18-11-10-17(21)20(18)16(12-22-18)13-4-2-1-3-5-13/h1-9,16H,10-12H2/t16-,18+/m0/s1. The molecule has 4 rings (SSSR count). The van der Waals surface area contributed by atoms with Crippen LogP contribution in [0.2, 0.25) is 0 Å². The summed E-state index contributed by atoms with van der Waals surface area (Å²) in [5.74, 6) is -0.190. The van der Waals surface area contributed by atoms with E-state index in [9.17, 15) is 9.18 Å². The molecule has 2 aliphatic rings. The Kier molecular flexibility index (Phi) is 3.01. The van der Waals surface area contributed by atoms with E-state index in [1.165, 1.54) is 12.1 Å². The molecule has 4 heteroatoms. The number of carbonyl (C=O) groups is 1. The number of benzene rings is 2.